The molecular weight excluding hydrogens is 311 g/mol. The van der Waals surface area contributed by atoms with E-state index in [1.807, 2.05) is 5.43 Å². The van der Waals surface area contributed by atoms with Gasteiger partial charge in [0.05, 0.1) is 13.0 Å². The van der Waals surface area contributed by atoms with Crippen molar-refractivity contribution in [2.45, 2.75) is 12.8 Å². The number of nitrogens with one attached hydrogen (secondary N) is 2. The number of imide groups is 1. The first kappa shape index (κ1) is 17.9. The van der Waals surface area contributed by atoms with Gasteiger partial charge in [-0.1, -0.05) is 4.57 Å². The molecule has 0 fully saturated rings. The zero-order valence-electron chi connectivity index (χ0n) is 11.9. The van der Waals surface area contributed by atoms with Gasteiger partial charge in [0.15, 0.2) is 12.3 Å². The molecule has 0 aromatic rings. The summed E-state index contributed by atoms with van der Waals surface area (Å²) in [7, 11) is -1.59. The van der Waals surface area contributed by atoms with Crippen molar-refractivity contribution in [2.75, 3.05) is 25.4 Å². The molecule has 22 heavy (non-hydrogen) atoms. The summed E-state index contributed by atoms with van der Waals surface area (Å²) < 4.78 is 11.6. The van der Waals surface area contributed by atoms with Gasteiger partial charge in [-0.05, 0) is 0 Å². The highest BCUT2D eigenvalue weighted by molar-refractivity contribution is 7.44. The number of hydrogen-bond acceptors (Lipinski definition) is 6. The minimum absolute atomic E-state index is 0.00841. The third kappa shape index (κ3) is 6.11. The number of carbonyl (C=O) groups excluding carboxylic acids is 4. The average molecular weight is 329 g/mol. The number of rotatable bonds is 9. The van der Waals surface area contributed by atoms with Crippen LogP contribution in [0.25, 0.3) is 0 Å². The lowest BCUT2D eigenvalue weighted by molar-refractivity contribution is -0.137. The van der Waals surface area contributed by atoms with E-state index in [0.29, 0.717) is 0 Å². The van der Waals surface area contributed by atoms with Crippen molar-refractivity contribution in [1.82, 2.24) is 15.6 Å². The van der Waals surface area contributed by atoms with Gasteiger partial charge in [-0.15, -0.1) is 0 Å². The predicted octanol–water partition coefficient (Wildman–Crippen LogP) is -1.37. The monoisotopic (exact) mass is 329 g/mol. The molecule has 1 aliphatic rings. The van der Waals surface area contributed by atoms with E-state index in [0.717, 1.165) is 17.1 Å². The molecule has 0 aromatic carbocycles. The molecule has 1 aliphatic heterocycles. The summed E-state index contributed by atoms with van der Waals surface area (Å²) in [6, 6.07) is 0. The van der Waals surface area contributed by atoms with Gasteiger partial charge in [0, 0.05) is 25.1 Å². The van der Waals surface area contributed by atoms with Gasteiger partial charge >= 0.3 is 7.80 Å². The summed E-state index contributed by atoms with van der Waals surface area (Å²) in [6.45, 7) is 0.220. The zero-order chi connectivity index (χ0) is 16.5. The highest BCUT2D eigenvalue weighted by Gasteiger charge is 2.23. The number of amides is 4. The van der Waals surface area contributed by atoms with Crippen LogP contribution in [0.4, 0.5) is 0 Å². The van der Waals surface area contributed by atoms with E-state index in [4.69, 9.17) is 5.84 Å². The molecule has 1 unspecified atom stereocenters. The summed E-state index contributed by atoms with van der Waals surface area (Å²) in [6.07, 6.45) is 2.83. The van der Waals surface area contributed by atoms with Gasteiger partial charge in [0.2, 0.25) is 11.8 Å². The van der Waals surface area contributed by atoms with Crippen molar-refractivity contribution >= 4 is 31.4 Å². The Kier molecular flexibility index (Phi) is 7.34. The van der Waals surface area contributed by atoms with Crippen LogP contribution in [0.2, 0.25) is 0 Å². The molecule has 4 amide bonds. The van der Waals surface area contributed by atoms with Crippen molar-refractivity contribution in [3.05, 3.63) is 12.2 Å². The molecule has 1 rings (SSSR count). The van der Waals surface area contributed by atoms with Crippen LogP contribution in [0, 0.1) is 0 Å². The largest absolute Gasteiger partial charge is 0.352 e. The molecule has 9 nitrogen and oxygen atoms in total. The number of nitrogens with two attached hydrogens (primary N) is 1. The van der Waals surface area contributed by atoms with Crippen LogP contribution in [0.5, 0.6) is 0 Å². The second-order valence-electron chi connectivity index (χ2n) is 4.51. The summed E-state index contributed by atoms with van der Waals surface area (Å²) in [4.78, 5) is 45.9. The number of hydrogen-bond donors (Lipinski definition) is 3. The molecule has 0 radical (unpaired) electrons. The quantitative estimate of drug-likeness (QED) is 0.157. The van der Waals surface area contributed by atoms with E-state index >= 15 is 0 Å². The smallest absolute Gasteiger partial charge is 0.341 e. The minimum atomic E-state index is -1.59. The van der Waals surface area contributed by atoms with Crippen LogP contribution in [-0.2, 0) is 23.7 Å². The number of hydrazine groups is 1. The molecule has 0 saturated carbocycles. The first-order chi connectivity index (χ1) is 10.4. The summed E-state index contributed by atoms with van der Waals surface area (Å²) in [5.41, 5.74) is 1.94. The van der Waals surface area contributed by atoms with Gasteiger partial charge in [-0.25, -0.2) is 5.84 Å². The fraction of sp³-hybridized carbons (Fsp3) is 0.500. The molecule has 120 valence electrons. The van der Waals surface area contributed by atoms with Gasteiger partial charge in [-0.3, -0.25) is 29.5 Å². The number of nitrogens with zero attached hydrogens (tertiary/aromatic N) is 1. The second kappa shape index (κ2) is 9.01. The van der Waals surface area contributed by atoms with Crippen molar-refractivity contribution in [3.63, 3.8) is 0 Å². The zero-order valence-corrected chi connectivity index (χ0v) is 12.8. The normalized spacial score (nSPS) is 14.2. The summed E-state index contributed by atoms with van der Waals surface area (Å²) in [5.74, 6) is 3.31. The lowest BCUT2D eigenvalue weighted by atomic mass is 10.3. The molecule has 10 heteroatoms. The highest BCUT2D eigenvalue weighted by Crippen LogP contribution is 2.19. The Balaban J connectivity index is 2.13. The Morgan fingerprint density at radius 1 is 1.09 bits per heavy atom. The van der Waals surface area contributed by atoms with E-state index in [9.17, 15) is 23.7 Å². The van der Waals surface area contributed by atoms with Crippen LogP contribution in [0.15, 0.2) is 12.2 Å². The molecule has 0 spiro atoms. The summed E-state index contributed by atoms with van der Waals surface area (Å²) >= 11 is 0. The first-order valence-corrected chi connectivity index (χ1v) is 8.29. The Morgan fingerprint density at radius 2 is 1.73 bits per heavy atom. The Hall–Kier alpha value is -2.12. The maximum Gasteiger partial charge on any atom is 0.341 e. The van der Waals surface area contributed by atoms with Gasteiger partial charge in [0.1, 0.15) is 0 Å². The third-order valence-corrected chi connectivity index (χ3v) is 4.34. The fourth-order valence-corrected chi connectivity index (χ4v) is 2.72. The maximum absolute atomic E-state index is 11.6. The highest BCUT2D eigenvalue weighted by atomic mass is 31.1. The van der Waals surface area contributed by atoms with Crippen molar-refractivity contribution in [3.8, 4) is 0 Å². The van der Waals surface area contributed by atoms with Crippen LogP contribution < -0.4 is 16.6 Å². The molecule has 0 saturated heterocycles. The maximum atomic E-state index is 11.6. The molecule has 0 bridgehead atoms. The van der Waals surface area contributed by atoms with E-state index in [1.54, 1.807) is 0 Å². The molecule has 0 aromatic heterocycles. The second-order valence-corrected chi connectivity index (χ2v) is 6.37. The lowest BCUT2D eigenvalue weighted by Crippen LogP contribution is -2.35. The van der Waals surface area contributed by atoms with Gasteiger partial charge in [-0.2, -0.15) is 0 Å². The summed E-state index contributed by atoms with van der Waals surface area (Å²) in [5, 5.41) is 2.55. The van der Waals surface area contributed by atoms with Gasteiger partial charge in [0.25, 0.3) is 11.8 Å². The molecule has 0 aliphatic carbocycles. The average Bonchev–Trinajstić information content (AvgIpc) is 2.81. The molecular formula is C12H18N4O5P+. The predicted molar refractivity (Wildman–Crippen MR) is 77.8 cm³/mol. The van der Waals surface area contributed by atoms with E-state index in [2.05, 4.69) is 5.32 Å². The van der Waals surface area contributed by atoms with Crippen molar-refractivity contribution in [1.29, 1.82) is 0 Å². The fourth-order valence-electron chi connectivity index (χ4n) is 1.68. The molecule has 4 N–H and O–H groups in total. The Bertz CT molecular complexity index is 502. The molecule has 1 heterocycles. The third-order valence-electron chi connectivity index (χ3n) is 2.90. The SMILES string of the molecule is NNC(=O)CC[P+](=O)CCNC(=O)CCN1C(=O)C=CC1=O. The van der Waals surface area contributed by atoms with E-state index in [-0.39, 0.29) is 50.1 Å². The van der Waals surface area contributed by atoms with Crippen molar-refractivity contribution < 1.29 is 23.7 Å². The van der Waals surface area contributed by atoms with Crippen molar-refractivity contribution in [2.24, 2.45) is 5.84 Å². The van der Waals surface area contributed by atoms with E-state index in [1.165, 1.54) is 0 Å². The van der Waals surface area contributed by atoms with Crippen LogP contribution in [-0.4, -0.2) is 53.9 Å². The standard InChI is InChI=1S/C12H17N4O5P/c13-15-10(18)4-7-22(21)8-5-14-9(17)3-6-16-11(19)1-2-12(16)20/h1-2H,3-8H2,(H3-,13,14,15,17,18,19,20)/p+1. The first-order valence-electron chi connectivity index (χ1n) is 6.65. The Morgan fingerprint density at radius 3 is 2.32 bits per heavy atom. The van der Waals surface area contributed by atoms with Gasteiger partial charge < -0.3 is 5.32 Å². The minimum Gasteiger partial charge on any atom is -0.352 e. The van der Waals surface area contributed by atoms with Crippen LogP contribution >= 0.6 is 7.80 Å². The Labute approximate surface area is 128 Å². The topological polar surface area (TPSA) is 139 Å². The molecule has 1 atom stereocenters. The van der Waals surface area contributed by atoms with Crippen LogP contribution in [0.3, 0.4) is 0 Å². The van der Waals surface area contributed by atoms with Crippen LogP contribution in [0.1, 0.15) is 12.8 Å². The van der Waals surface area contributed by atoms with E-state index < -0.39 is 19.6 Å². The lowest BCUT2D eigenvalue weighted by Gasteiger charge is -2.12. The number of carbonyl (C=O) groups is 4.